The number of Topliss-reactive ketones (excluding diaryl/α,β-unsaturated/α-hetero) is 1. The van der Waals surface area contributed by atoms with Gasteiger partial charge in [-0.3, -0.25) is 19.5 Å². The van der Waals surface area contributed by atoms with E-state index in [-0.39, 0.29) is 11.4 Å². The maximum absolute atomic E-state index is 12.5. The summed E-state index contributed by atoms with van der Waals surface area (Å²) in [6, 6.07) is 10.0. The Balaban J connectivity index is 2.17. The van der Waals surface area contributed by atoms with Crippen molar-refractivity contribution >= 4 is 33.3 Å². The fourth-order valence-corrected chi connectivity index (χ4v) is 2.95. The number of rotatable bonds is 3. The van der Waals surface area contributed by atoms with E-state index in [4.69, 9.17) is 0 Å². The molecule has 0 fully saturated rings. The molecule has 1 aliphatic rings. The second kappa shape index (κ2) is 5.96. The number of nitrogens with zero attached hydrogens (tertiary/aromatic N) is 2. The number of halogens is 1. The number of anilines is 1. The molecular weight excluding hydrogens is 360 g/mol. The third-order valence-corrected chi connectivity index (χ3v) is 4.23. The third kappa shape index (κ3) is 2.66. The Morgan fingerprint density at radius 3 is 2.52 bits per heavy atom. The predicted molar refractivity (Wildman–Crippen MR) is 88.9 cm³/mol. The molecule has 1 atom stereocenters. The van der Waals surface area contributed by atoms with Crippen molar-refractivity contribution in [2.75, 3.05) is 4.90 Å². The van der Waals surface area contributed by atoms with Crippen LogP contribution in [-0.2, 0) is 9.59 Å². The molecule has 6 heteroatoms. The Kier molecular flexibility index (Phi) is 4.00. The van der Waals surface area contributed by atoms with Crippen LogP contribution in [0.5, 0.6) is 0 Å². The highest BCUT2D eigenvalue weighted by atomic mass is 79.9. The number of ketones is 1. The van der Waals surface area contributed by atoms with Crippen LogP contribution in [0.1, 0.15) is 18.5 Å². The van der Waals surface area contributed by atoms with Gasteiger partial charge in [0.05, 0.1) is 23.5 Å². The van der Waals surface area contributed by atoms with Gasteiger partial charge < -0.3 is 5.11 Å². The standard InChI is InChI=1S/C17H13BrN2O3/c1-10(21)14-15(11-4-6-12(18)7-5-11)20(17(23)16(14)22)13-3-2-8-19-9-13/h2-9,15,22H,1H3. The van der Waals surface area contributed by atoms with Crippen LogP contribution in [-0.4, -0.2) is 21.8 Å². The zero-order valence-corrected chi connectivity index (χ0v) is 13.8. The predicted octanol–water partition coefficient (Wildman–Crippen LogP) is 3.33. The van der Waals surface area contributed by atoms with Crippen LogP contribution in [0.4, 0.5) is 5.69 Å². The normalized spacial score (nSPS) is 17.7. The van der Waals surface area contributed by atoms with Gasteiger partial charge in [-0.2, -0.15) is 0 Å². The van der Waals surface area contributed by atoms with Crippen LogP contribution in [0.3, 0.4) is 0 Å². The van der Waals surface area contributed by atoms with Crippen molar-refractivity contribution < 1.29 is 14.7 Å². The first-order valence-electron chi connectivity index (χ1n) is 6.94. The van der Waals surface area contributed by atoms with Gasteiger partial charge in [0.1, 0.15) is 0 Å². The van der Waals surface area contributed by atoms with E-state index in [0.717, 1.165) is 10.0 Å². The summed E-state index contributed by atoms with van der Waals surface area (Å²) in [5.74, 6) is -1.44. The molecule has 0 spiro atoms. The summed E-state index contributed by atoms with van der Waals surface area (Å²) in [4.78, 5) is 29.9. The van der Waals surface area contributed by atoms with Crippen LogP contribution in [0.15, 0.2) is 64.6 Å². The van der Waals surface area contributed by atoms with Gasteiger partial charge in [-0.25, -0.2) is 0 Å². The molecule has 1 aromatic carbocycles. The summed E-state index contributed by atoms with van der Waals surface area (Å²) in [6.07, 6.45) is 3.12. The van der Waals surface area contributed by atoms with Crippen molar-refractivity contribution in [1.82, 2.24) is 4.98 Å². The number of amides is 1. The lowest BCUT2D eigenvalue weighted by molar-refractivity contribution is -0.117. The number of hydrogen-bond donors (Lipinski definition) is 1. The number of aliphatic hydroxyl groups excluding tert-OH is 1. The monoisotopic (exact) mass is 372 g/mol. The zero-order chi connectivity index (χ0) is 16.6. The third-order valence-electron chi connectivity index (χ3n) is 3.70. The van der Waals surface area contributed by atoms with Crippen LogP contribution in [0.2, 0.25) is 0 Å². The van der Waals surface area contributed by atoms with E-state index < -0.39 is 17.7 Å². The molecule has 1 N–H and O–H groups in total. The topological polar surface area (TPSA) is 70.5 Å². The average molecular weight is 373 g/mol. The van der Waals surface area contributed by atoms with Crippen molar-refractivity contribution in [3.8, 4) is 0 Å². The summed E-state index contributed by atoms with van der Waals surface area (Å²) < 4.78 is 0.885. The Morgan fingerprint density at radius 1 is 1.26 bits per heavy atom. The molecular formula is C17H13BrN2O3. The SMILES string of the molecule is CC(=O)C1=C(O)C(=O)N(c2cccnc2)C1c1ccc(Br)cc1. The zero-order valence-electron chi connectivity index (χ0n) is 12.2. The molecule has 1 unspecified atom stereocenters. The van der Waals surface area contributed by atoms with Crippen molar-refractivity contribution in [3.05, 3.63) is 70.2 Å². The number of carbonyl (C=O) groups is 2. The summed E-state index contributed by atoms with van der Waals surface area (Å²) in [5.41, 5.74) is 1.36. The highest BCUT2D eigenvalue weighted by molar-refractivity contribution is 9.10. The van der Waals surface area contributed by atoms with Crippen molar-refractivity contribution in [2.45, 2.75) is 13.0 Å². The van der Waals surface area contributed by atoms with Crippen LogP contribution >= 0.6 is 15.9 Å². The molecule has 0 saturated heterocycles. The van der Waals surface area contributed by atoms with Gasteiger partial charge >= 0.3 is 0 Å². The van der Waals surface area contributed by atoms with Gasteiger partial charge in [-0.15, -0.1) is 0 Å². The summed E-state index contributed by atoms with van der Waals surface area (Å²) in [6.45, 7) is 1.34. The largest absolute Gasteiger partial charge is 0.503 e. The summed E-state index contributed by atoms with van der Waals surface area (Å²) in [7, 11) is 0. The second-order valence-electron chi connectivity index (χ2n) is 5.16. The lowest BCUT2D eigenvalue weighted by atomic mass is 9.96. The number of aromatic nitrogens is 1. The molecule has 3 rings (SSSR count). The Morgan fingerprint density at radius 2 is 1.96 bits per heavy atom. The average Bonchev–Trinajstić information content (AvgIpc) is 2.81. The molecule has 2 heterocycles. The van der Waals surface area contributed by atoms with E-state index in [1.807, 2.05) is 24.3 Å². The molecule has 0 radical (unpaired) electrons. The Labute approximate surface area is 141 Å². The Bertz CT molecular complexity index is 800. The fourth-order valence-electron chi connectivity index (χ4n) is 2.69. The minimum atomic E-state index is -0.669. The molecule has 2 aromatic rings. The summed E-state index contributed by atoms with van der Waals surface area (Å²) >= 11 is 3.36. The second-order valence-corrected chi connectivity index (χ2v) is 6.07. The lowest BCUT2D eigenvalue weighted by Gasteiger charge is -2.26. The van der Waals surface area contributed by atoms with Crippen molar-refractivity contribution in [2.24, 2.45) is 0 Å². The minimum absolute atomic E-state index is 0.0983. The fraction of sp³-hybridized carbons (Fsp3) is 0.118. The molecule has 0 aliphatic carbocycles. The van der Waals surface area contributed by atoms with Gasteiger partial charge in [-0.05, 0) is 36.8 Å². The molecule has 0 bridgehead atoms. The molecule has 23 heavy (non-hydrogen) atoms. The van der Waals surface area contributed by atoms with Gasteiger partial charge in [0.2, 0.25) is 0 Å². The Hall–Kier alpha value is -2.47. The molecule has 1 aromatic heterocycles. The summed E-state index contributed by atoms with van der Waals surface area (Å²) in [5, 5.41) is 10.2. The number of hydrogen-bond acceptors (Lipinski definition) is 4. The first-order valence-corrected chi connectivity index (χ1v) is 7.73. The number of aliphatic hydroxyl groups is 1. The molecule has 1 amide bonds. The van der Waals surface area contributed by atoms with E-state index >= 15 is 0 Å². The maximum atomic E-state index is 12.5. The first kappa shape index (κ1) is 15.4. The molecule has 1 aliphatic heterocycles. The number of benzene rings is 1. The van der Waals surface area contributed by atoms with E-state index in [1.54, 1.807) is 18.3 Å². The van der Waals surface area contributed by atoms with Crippen LogP contribution in [0, 0.1) is 0 Å². The van der Waals surface area contributed by atoms with Gasteiger partial charge in [0.15, 0.2) is 11.5 Å². The van der Waals surface area contributed by atoms with E-state index in [0.29, 0.717) is 5.69 Å². The number of pyridine rings is 1. The smallest absolute Gasteiger partial charge is 0.294 e. The quantitative estimate of drug-likeness (QED) is 0.896. The minimum Gasteiger partial charge on any atom is -0.503 e. The van der Waals surface area contributed by atoms with Crippen LogP contribution in [0.25, 0.3) is 0 Å². The van der Waals surface area contributed by atoms with Crippen molar-refractivity contribution in [3.63, 3.8) is 0 Å². The van der Waals surface area contributed by atoms with Crippen molar-refractivity contribution in [1.29, 1.82) is 0 Å². The molecule has 0 saturated carbocycles. The molecule has 5 nitrogen and oxygen atoms in total. The highest BCUT2D eigenvalue weighted by Crippen LogP contribution is 2.40. The van der Waals surface area contributed by atoms with E-state index in [1.165, 1.54) is 18.0 Å². The highest BCUT2D eigenvalue weighted by Gasteiger charge is 2.43. The van der Waals surface area contributed by atoms with E-state index in [9.17, 15) is 14.7 Å². The van der Waals surface area contributed by atoms with Crippen LogP contribution < -0.4 is 4.90 Å². The van der Waals surface area contributed by atoms with Gasteiger partial charge in [0.25, 0.3) is 5.91 Å². The maximum Gasteiger partial charge on any atom is 0.294 e. The molecule has 116 valence electrons. The van der Waals surface area contributed by atoms with Gasteiger partial charge in [-0.1, -0.05) is 28.1 Å². The first-order chi connectivity index (χ1) is 11.0. The number of carbonyl (C=O) groups excluding carboxylic acids is 2. The van der Waals surface area contributed by atoms with E-state index in [2.05, 4.69) is 20.9 Å². The van der Waals surface area contributed by atoms with Gasteiger partial charge in [0, 0.05) is 10.7 Å². The lowest BCUT2D eigenvalue weighted by Crippen LogP contribution is -2.30.